The second kappa shape index (κ2) is 6.50. The number of nitrogens with one attached hydrogen (secondary N) is 2. The number of sulfonamides is 1. The van der Waals surface area contributed by atoms with Crippen LogP contribution in [0.3, 0.4) is 0 Å². The van der Waals surface area contributed by atoms with E-state index in [-0.39, 0.29) is 10.8 Å². The van der Waals surface area contributed by atoms with Gasteiger partial charge in [-0.25, -0.2) is 28.1 Å². The number of benzene rings is 1. The lowest BCUT2D eigenvalue weighted by molar-refractivity contribution is 0.601. The van der Waals surface area contributed by atoms with Crippen LogP contribution in [0.25, 0.3) is 0 Å². The molecular weight excluding hydrogens is 328 g/mol. The van der Waals surface area contributed by atoms with Crippen LogP contribution >= 0.6 is 0 Å². The van der Waals surface area contributed by atoms with E-state index in [0.29, 0.717) is 5.82 Å². The van der Waals surface area contributed by atoms with Crippen molar-refractivity contribution in [3.8, 4) is 0 Å². The van der Waals surface area contributed by atoms with Crippen molar-refractivity contribution in [1.82, 2.24) is 15.0 Å². The Bertz CT molecular complexity index is 912. The third-order valence-corrected chi connectivity index (χ3v) is 4.38. The summed E-state index contributed by atoms with van der Waals surface area (Å²) in [4.78, 5) is 11.8. The summed E-state index contributed by atoms with van der Waals surface area (Å²) in [6, 6.07) is 11.3. The first-order valence-corrected chi connectivity index (χ1v) is 8.40. The molecule has 0 saturated heterocycles. The highest BCUT2D eigenvalue weighted by Crippen LogP contribution is 2.19. The summed E-state index contributed by atoms with van der Waals surface area (Å²) < 4.78 is 26.9. The lowest BCUT2D eigenvalue weighted by Gasteiger charge is -2.09. The van der Waals surface area contributed by atoms with Gasteiger partial charge in [-0.15, -0.1) is 0 Å². The van der Waals surface area contributed by atoms with Crippen LogP contribution in [0.2, 0.25) is 0 Å². The minimum absolute atomic E-state index is 0.0210. The maximum Gasteiger partial charge on any atom is 0.264 e. The fraction of sp³-hybridized carbons (Fsp3) is 0. The molecule has 0 radical (unpaired) electrons. The van der Waals surface area contributed by atoms with Gasteiger partial charge in [0.15, 0.2) is 0 Å². The van der Waals surface area contributed by atoms with Crippen molar-refractivity contribution in [2.75, 3.05) is 15.8 Å². The van der Waals surface area contributed by atoms with Crippen LogP contribution < -0.4 is 15.8 Å². The van der Waals surface area contributed by atoms with Crippen LogP contribution in [0, 0.1) is 0 Å². The summed E-state index contributed by atoms with van der Waals surface area (Å²) in [6.07, 6.45) is 4.51. The van der Waals surface area contributed by atoms with Crippen LogP contribution in [0.5, 0.6) is 0 Å². The summed E-state index contributed by atoms with van der Waals surface area (Å²) in [7, 11) is -3.74. The molecule has 2 aromatic heterocycles. The van der Waals surface area contributed by atoms with Crippen molar-refractivity contribution in [1.29, 1.82) is 0 Å². The Morgan fingerprint density at radius 1 is 0.875 bits per heavy atom. The molecule has 0 unspecified atom stereocenters. The first-order chi connectivity index (χ1) is 11.5. The molecule has 2 heterocycles. The second-order valence-electron chi connectivity index (χ2n) is 4.80. The summed E-state index contributed by atoms with van der Waals surface area (Å²) in [6.45, 7) is 0. The summed E-state index contributed by atoms with van der Waals surface area (Å²) in [5.41, 5.74) is 6.99. The molecule has 0 fully saturated rings. The average Bonchev–Trinajstić information content (AvgIpc) is 2.58. The number of nitrogen functional groups attached to an aromatic ring is 1. The molecule has 0 amide bonds. The standard InChI is InChI=1S/C15H14N6O2S/c16-14-7-4-12(10-19-14)20-11-2-5-13(6-3-11)24(22,23)21-15-17-8-1-9-18-15/h1-10,20H,(H2,16,19)(H,17,18,21). The minimum Gasteiger partial charge on any atom is -0.384 e. The number of pyridine rings is 1. The summed E-state index contributed by atoms with van der Waals surface area (Å²) in [5.74, 6) is 0.448. The molecule has 0 bridgehead atoms. The van der Waals surface area contributed by atoms with Crippen molar-refractivity contribution in [3.63, 3.8) is 0 Å². The summed E-state index contributed by atoms with van der Waals surface area (Å²) >= 11 is 0. The van der Waals surface area contributed by atoms with Crippen molar-refractivity contribution in [3.05, 3.63) is 61.1 Å². The molecule has 0 aliphatic rings. The van der Waals surface area contributed by atoms with Gasteiger partial charge in [-0.1, -0.05) is 0 Å². The zero-order valence-electron chi connectivity index (χ0n) is 12.4. The lowest BCUT2D eigenvalue weighted by atomic mass is 10.3. The molecular formula is C15H14N6O2S. The fourth-order valence-electron chi connectivity index (χ4n) is 1.89. The van der Waals surface area contributed by atoms with Crippen LogP contribution in [0.4, 0.5) is 23.1 Å². The van der Waals surface area contributed by atoms with Gasteiger partial charge in [0.25, 0.3) is 10.0 Å². The number of anilines is 4. The number of nitrogens with zero attached hydrogens (tertiary/aromatic N) is 3. The highest BCUT2D eigenvalue weighted by Gasteiger charge is 2.15. The maximum atomic E-state index is 12.3. The van der Waals surface area contributed by atoms with Gasteiger partial charge in [-0.2, -0.15) is 0 Å². The van der Waals surface area contributed by atoms with E-state index in [9.17, 15) is 8.42 Å². The normalized spacial score (nSPS) is 11.0. The Labute approximate surface area is 138 Å². The fourth-order valence-corrected chi connectivity index (χ4v) is 2.85. The monoisotopic (exact) mass is 342 g/mol. The Kier molecular flexibility index (Phi) is 4.25. The van der Waals surface area contributed by atoms with Gasteiger partial charge < -0.3 is 11.1 Å². The minimum atomic E-state index is -3.74. The molecule has 1 aromatic carbocycles. The largest absolute Gasteiger partial charge is 0.384 e. The number of hydrogen-bond donors (Lipinski definition) is 3. The smallest absolute Gasteiger partial charge is 0.264 e. The maximum absolute atomic E-state index is 12.3. The predicted molar refractivity (Wildman–Crippen MR) is 91.2 cm³/mol. The third kappa shape index (κ3) is 3.76. The van der Waals surface area contributed by atoms with E-state index in [4.69, 9.17) is 5.73 Å². The molecule has 4 N–H and O–H groups in total. The number of rotatable bonds is 5. The number of nitrogens with two attached hydrogens (primary N) is 1. The molecule has 9 heteroatoms. The molecule has 122 valence electrons. The molecule has 0 spiro atoms. The van der Waals surface area contributed by atoms with Gasteiger partial charge in [0, 0.05) is 18.1 Å². The molecule has 24 heavy (non-hydrogen) atoms. The molecule has 8 nitrogen and oxygen atoms in total. The van der Waals surface area contributed by atoms with E-state index in [1.807, 2.05) is 0 Å². The van der Waals surface area contributed by atoms with Crippen molar-refractivity contribution >= 4 is 33.2 Å². The van der Waals surface area contributed by atoms with Crippen molar-refractivity contribution in [2.45, 2.75) is 4.90 Å². The number of aromatic nitrogens is 3. The highest BCUT2D eigenvalue weighted by atomic mass is 32.2. The Hall–Kier alpha value is -3.20. The van der Waals surface area contributed by atoms with Gasteiger partial charge in [0.1, 0.15) is 5.82 Å². The van der Waals surface area contributed by atoms with Crippen LogP contribution in [0.1, 0.15) is 0 Å². The van der Waals surface area contributed by atoms with Gasteiger partial charge in [0.05, 0.1) is 16.8 Å². The van der Waals surface area contributed by atoms with Gasteiger partial charge in [-0.3, -0.25) is 0 Å². The van der Waals surface area contributed by atoms with Gasteiger partial charge in [0.2, 0.25) is 5.95 Å². The molecule has 0 saturated carbocycles. The Morgan fingerprint density at radius 2 is 1.54 bits per heavy atom. The van der Waals surface area contributed by atoms with Crippen molar-refractivity contribution < 1.29 is 8.42 Å². The topological polar surface area (TPSA) is 123 Å². The van der Waals surface area contributed by atoms with Gasteiger partial charge in [-0.05, 0) is 42.5 Å². The third-order valence-electron chi connectivity index (χ3n) is 3.03. The molecule has 3 aromatic rings. The Morgan fingerprint density at radius 3 is 2.17 bits per heavy atom. The predicted octanol–water partition coefficient (Wildman–Crippen LogP) is 2.00. The first-order valence-electron chi connectivity index (χ1n) is 6.91. The SMILES string of the molecule is Nc1ccc(Nc2ccc(S(=O)(=O)Nc3ncccn3)cc2)cn1. The van der Waals surface area contributed by atoms with Gasteiger partial charge >= 0.3 is 0 Å². The quantitative estimate of drug-likeness (QED) is 0.648. The van der Waals surface area contributed by atoms with Crippen molar-refractivity contribution in [2.24, 2.45) is 0 Å². The van der Waals surface area contributed by atoms with Crippen LogP contribution in [-0.2, 0) is 10.0 Å². The van der Waals surface area contributed by atoms with E-state index >= 15 is 0 Å². The van der Waals surface area contributed by atoms with E-state index < -0.39 is 10.0 Å². The molecule has 3 rings (SSSR count). The van der Waals surface area contributed by atoms with E-state index in [2.05, 4.69) is 25.0 Å². The summed E-state index contributed by atoms with van der Waals surface area (Å²) in [5, 5.41) is 3.10. The second-order valence-corrected chi connectivity index (χ2v) is 6.48. The van der Waals surface area contributed by atoms with E-state index in [0.717, 1.165) is 11.4 Å². The number of hydrogen-bond acceptors (Lipinski definition) is 7. The molecule has 0 atom stereocenters. The zero-order chi connectivity index (χ0) is 17.0. The zero-order valence-corrected chi connectivity index (χ0v) is 13.2. The van der Waals surface area contributed by atoms with Crippen LogP contribution in [0.15, 0.2) is 66.0 Å². The van der Waals surface area contributed by atoms with E-state index in [1.54, 1.807) is 36.5 Å². The first kappa shape index (κ1) is 15.7. The molecule has 0 aliphatic heterocycles. The van der Waals surface area contributed by atoms with Crippen LogP contribution in [-0.4, -0.2) is 23.4 Å². The average molecular weight is 342 g/mol. The molecule has 0 aliphatic carbocycles. The van der Waals surface area contributed by atoms with E-state index in [1.165, 1.54) is 24.5 Å². The highest BCUT2D eigenvalue weighted by molar-refractivity contribution is 7.92. The lowest BCUT2D eigenvalue weighted by Crippen LogP contribution is -2.14. The Balaban J connectivity index is 1.75.